The number of aromatic nitrogens is 2. The lowest BCUT2D eigenvalue weighted by molar-refractivity contribution is 0.417. The number of anilines is 1. The van der Waals surface area contributed by atoms with Crippen LogP contribution < -0.4 is 10.1 Å². The molecule has 4 nitrogen and oxygen atoms in total. The number of ether oxygens (including phenoxy) is 1. The van der Waals surface area contributed by atoms with E-state index in [4.69, 9.17) is 9.72 Å². The summed E-state index contributed by atoms with van der Waals surface area (Å²) < 4.78 is 7.76. The van der Waals surface area contributed by atoms with Gasteiger partial charge >= 0.3 is 0 Å². The molecule has 0 amide bonds. The van der Waals surface area contributed by atoms with Gasteiger partial charge in [0.1, 0.15) is 0 Å². The van der Waals surface area contributed by atoms with Gasteiger partial charge in [0.05, 0.1) is 18.5 Å². The number of benzene rings is 2. The van der Waals surface area contributed by atoms with Crippen molar-refractivity contribution < 1.29 is 4.74 Å². The Morgan fingerprint density at radius 1 is 1.07 bits per heavy atom. The highest BCUT2D eigenvalue weighted by molar-refractivity contribution is 5.84. The van der Waals surface area contributed by atoms with Gasteiger partial charge in [-0.15, -0.1) is 0 Å². The fourth-order valence-corrected chi connectivity index (χ4v) is 3.98. The lowest BCUT2D eigenvalue weighted by Crippen LogP contribution is -2.26. The zero-order valence-electron chi connectivity index (χ0n) is 17.1. The van der Waals surface area contributed by atoms with E-state index in [0.717, 1.165) is 39.5 Å². The van der Waals surface area contributed by atoms with Gasteiger partial charge in [-0.05, 0) is 43.0 Å². The lowest BCUT2D eigenvalue weighted by Gasteiger charge is -2.27. The summed E-state index contributed by atoms with van der Waals surface area (Å²) in [6.45, 7) is 3.93. The highest BCUT2D eigenvalue weighted by atomic mass is 16.5. The monoisotopic (exact) mass is 395 g/mol. The molecule has 0 radical (unpaired) electrons. The third kappa shape index (κ3) is 3.24. The molecule has 2 aromatic carbocycles. The van der Waals surface area contributed by atoms with Crippen LogP contribution in [0.5, 0.6) is 5.75 Å². The van der Waals surface area contributed by atoms with Crippen LogP contribution in [-0.2, 0) is 0 Å². The summed E-state index contributed by atoms with van der Waals surface area (Å²) in [5.74, 6) is 0.735. The van der Waals surface area contributed by atoms with Gasteiger partial charge in [0.15, 0.2) is 11.4 Å². The second-order valence-corrected chi connectivity index (χ2v) is 7.76. The molecule has 1 saturated carbocycles. The SMILES string of the molecule is C=Cc1cc(OC)c2nc(-c3ccc(NC4CCC4)cc3)c(-c3ccccc3)n2c1. The first-order valence-corrected chi connectivity index (χ1v) is 10.4. The summed E-state index contributed by atoms with van der Waals surface area (Å²) in [6.07, 6.45) is 7.75. The molecule has 0 saturated heterocycles. The van der Waals surface area contributed by atoms with Crippen LogP contribution in [0, 0.1) is 0 Å². The first kappa shape index (κ1) is 18.5. The largest absolute Gasteiger partial charge is 0.493 e. The molecule has 4 heteroatoms. The smallest absolute Gasteiger partial charge is 0.180 e. The van der Waals surface area contributed by atoms with Gasteiger partial charge in [-0.25, -0.2) is 4.98 Å². The minimum Gasteiger partial charge on any atom is -0.493 e. The van der Waals surface area contributed by atoms with Crippen LogP contribution in [0.2, 0.25) is 0 Å². The average Bonchev–Trinajstić information content (AvgIpc) is 3.16. The molecule has 1 aliphatic carbocycles. The van der Waals surface area contributed by atoms with Crippen molar-refractivity contribution >= 4 is 17.4 Å². The molecule has 1 fully saturated rings. The number of hydrogen-bond acceptors (Lipinski definition) is 3. The fourth-order valence-electron chi connectivity index (χ4n) is 3.98. The van der Waals surface area contributed by atoms with Crippen LogP contribution in [-0.4, -0.2) is 22.5 Å². The van der Waals surface area contributed by atoms with Crippen molar-refractivity contribution in [2.75, 3.05) is 12.4 Å². The van der Waals surface area contributed by atoms with Crippen molar-refractivity contribution in [3.8, 4) is 28.3 Å². The van der Waals surface area contributed by atoms with Crippen molar-refractivity contribution in [1.82, 2.24) is 9.38 Å². The second-order valence-electron chi connectivity index (χ2n) is 7.76. The van der Waals surface area contributed by atoms with Crippen LogP contribution >= 0.6 is 0 Å². The zero-order chi connectivity index (χ0) is 20.5. The van der Waals surface area contributed by atoms with E-state index in [9.17, 15) is 0 Å². The highest BCUT2D eigenvalue weighted by Crippen LogP contribution is 2.36. The second kappa shape index (κ2) is 7.71. The number of methoxy groups -OCH3 is 1. The summed E-state index contributed by atoms with van der Waals surface area (Å²) in [4.78, 5) is 5.01. The van der Waals surface area contributed by atoms with Crippen LogP contribution in [0.1, 0.15) is 24.8 Å². The molecular weight excluding hydrogens is 370 g/mol. The number of nitrogens with one attached hydrogen (secondary N) is 1. The predicted octanol–water partition coefficient (Wildman–Crippen LogP) is 6.28. The van der Waals surface area contributed by atoms with E-state index in [1.807, 2.05) is 18.2 Å². The van der Waals surface area contributed by atoms with Crippen LogP contribution in [0.3, 0.4) is 0 Å². The van der Waals surface area contributed by atoms with E-state index in [1.54, 1.807) is 7.11 Å². The normalized spacial score (nSPS) is 13.8. The summed E-state index contributed by atoms with van der Waals surface area (Å²) >= 11 is 0. The molecule has 4 aromatic rings. The minimum absolute atomic E-state index is 0.618. The van der Waals surface area contributed by atoms with Gasteiger partial charge in [0, 0.05) is 29.1 Å². The number of pyridine rings is 1. The molecule has 150 valence electrons. The Morgan fingerprint density at radius 2 is 1.83 bits per heavy atom. The predicted molar refractivity (Wildman–Crippen MR) is 124 cm³/mol. The maximum Gasteiger partial charge on any atom is 0.180 e. The average molecular weight is 396 g/mol. The van der Waals surface area contributed by atoms with Gasteiger partial charge in [-0.1, -0.05) is 55.1 Å². The lowest BCUT2D eigenvalue weighted by atomic mass is 9.93. The molecule has 0 bridgehead atoms. The topological polar surface area (TPSA) is 38.6 Å². The van der Waals surface area contributed by atoms with Crippen molar-refractivity contribution in [3.63, 3.8) is 0 Å². The standard InChI is InChI=1S/C26H25N3O/c1-3-18-16-23(30-2)26-28-24(25(29(26)17-18)20-8-5-4-6-9-20)19-12-14-22(15-13-19)27-21-10-7-11-21/h3-6,8-9,12-17,21,27H,1,7,10-11H2,2H3. The molecule has 2 aromatic heterocycles. The van der Waals surface area contributed by atoms with Gasteiger partial charge in [0.25, 0.3) is 0 Å². The van der Waals surface area contributed by atoms with E-state index in [2.05, 4.69) is 71.0 Å². The molecule has 1 aliphatic rings. The first-order valence-electron chi connectivity index (χ1n) is 10.4. The molecule has 0 spiro atoms. The molecule has 5 rings (SSSR count). The maximum absolute atomic E-state index is 5.65. The molecule has 0 aliphatic heterocycles. The zero-order valence-corrected chi connectivity index (χ0v) is 17.1. The molecule has 0 atom stereocenters. The number of nitrogens with zero attached hydrogens (tertiary/aromatic N) is 2. The molecule has 2 heterocycles. The number of hydrogen-bond donors (Lipinski definition) is 1. The van der Waals surface area contributed by atoms with E-state index >= 15 is 0 Å². The Bertz CT molecular complexity index is 1190. The van der Waals surface area contributed by atoms with Crippen LogP contribution in [0.4, 0.5) is 5.69 Å². The van der Waals surface area contributed by atoms with Crippen molar-refractivity contribution in [1.29, 1.82) is 0 Å². The molecule has 30 heavy (non-hydrogen) atoms. The summed E-state index contributed by atoms with van der Waals surface area (Å²) in [7, 11) is 1.68. The quantitative estimate of drug-likeness (QED) is 0.417. The summed E-state index contributed by atoms with van der Waals surface area (Å²) in [5, 5.41) is 3.61. The Kier molecular flexibility index (Phi) is 4.75. The van der Waals surface area contributed by atoms with E-state index in [1.165, 1.54) is 24.9 Å². The maximum atomic E-state index is 5.65. The number of imidazole rings is 1. The number of fused-ring (bicyclic) bond motifs is 1. The third-order valence-electron chi connectivity index (χ3n) is 5.84. The van der Waals surface area contributed by atoms with Crippen LogP contribution in [0.15, 0.2) is 73.4 Å². The Labute approximate surface area is 176 Å². The van der Waals surface area contributed by atoms with E-state index in [-0.39, 0.29) is 0 Å². The van der Waals surface area contributed by atoms with E-state index in [0.29, 0.717) is 6.04 Å². The van der Waals surface area contributed by atoms with E-state index < -0.39 is 0 Å². The Hall–Kier alpha value is -3.53. The van der Waals surface area contributed by atoms with Crippen molar-refractivity contribution in [3.05, 3.63) is 79.0 Å². The van der Waals surface area contributed by atoms with Gasteiger partial charge < -0.3 is 10.1 Å². The highest BCUT2D eigenvalue weighted by Gasteiger charge is 2.20. The van der Waals surface area contributed by atoms with Crippen molar-refractivity contribution in [2.45, 2.75) is 25.3 Å². The molecule has 1 N–H and O–H groups in total. The summed E-state index contributed by atoms with van der Waals surface area (Å²) in [5.41, 5.74) is 7.14. The number of rotatable bonds is 6. The molecule has 0 unspecified atom stereocenters. The van der Waals surface area contributed by atoms with Crippen molar-refractivity contribution in [2.24, 2.45) is 0 Å². The minimum atomic E-state index is 0.618. The van der Waals surface area contributed by atoms with Gasteiger partial charge in [-0.2, -0.15) is 0 Å². The molecular formula is C26H25N3O. The first-order chi connectivity index (χ1) is 14.8. The van der Waals surface area contributed by atoms with Gasteiger partial charge in [0.2, 0.25) is 0 Å². The Balaban J connectivity index is 1.67. The van der Waals surface area contributed by atoms with Crippen LogP contribution in [0.25, 0.3) is 34.2 Å². The Morgan fingerprint density at radius 3 is 2.47 bits per heavy atom. The summed E-state index contributed by atoms with van der Waals surface area (Å²) in [6, 6.07) is 21.6. The fraction of sp³-hybridized carbons (Fsp3) is 0.192. The van der Waals surface area contributed by atoms with Gasteiger partial charge in [-0.3, -0.25) is 4.40 Å². The third-order valence-corrected chi connectivity index (χ3v) is 5.84.